The van der Waals surface area contributed by atoms with Crippen LogP contribution in [0.5, 0.6) is 0 Å². The normalized spacial score (nSPS) is 18.2. The Kier molecular flexibility index (Phi) is 8.31. The second kappa shape index (κ2) is 9.71. The molecule has 1 heterocycles. The molecule has 140 valence electrons. The number of rotatable bonds is 6. The Bertz CT molecular complexity index is 409. The molecule has 1 N–H and O–H groups in total. The van der Waals surface area contributed by atoms with E-state index >= 15 is 0 Å². The van der Waals surface area contributed by atoms with Gasteiger partial charge in [0.15, 0.2) is 0 Å². The standard InChI is InChI=1S/C17H33N3O4/c1-17(2,3)24-16(22)19(4)12-14-8-6-10-20(13-14)15(21)18-9-7-11-23-5/h14H,6-13H2,1-5H3,(H,18,21). The number of ether oxygens (including phenoxy) is 2. The molecule has 1 saturated heterocycles. The molecule has 0 aliphatic carbocycles. The van der Waals surface area contributed by atoms with Crippen molar-refractivity contribution in [1.82, 2.24) is 15.1 Å². The lowest BCUT2D eigenvalue weighted by Gasteiger charge is -2.35. The van der Waals surface area contributed by atoms with Gasteiger partial charge in [-0.05, 0) is 46.0 Å². The van der Waals surface area contributed by atoms with Crippen molar-refractivity contribution in [2.45, 2.75) is 45.6 Å². The number of carbonyl (C=O) groups is 2. The molecule has 0 saturated carbocycles. The summed E-state index contributed by atoms with van der Waals surface area (Å²) in [6.45, 7) is 8.86. The van der Waals surface area contributed by atoms with E-state index in [2.05, 4.69) is 5.32 Å². The zero-order chi connectivity index (χ0) is 18.2. The lowest BCUT2D eigenvalue weighted by Crippen LogP contribution is -2.48. The van der Waals surface area contributed by atoms with E-state index in [1.54, 1.807) is 19.1 Å². The van der Waals surface area contributed by atoms with Crippen molar-refractivity contribution in [1.29, 1.82) is 0 Å². The van der Waals surface area contributed by atoms with Crippen LogP contribution in [0.15, 0.2) is 0 Å². The van der Waals surface area contributed by atoms with Crippen LogP contribution in [0.2, 0.25) is 0 Å². The van der Waals surface area contributed by atoms with E-state index in [0.29, 0.717) is 26.2 Å². The molecule has 1 aliphatic heterocycles. The Morgan fingerprint density at radius 2 is 2.04 bits per heavy atom. The van der Waals surface area contributed by atoms with Gasteiger partial charge in [0.2, 0.25) is 0 Å². The second-order valence-electron chi connectivity index (χ2n) is 7.39. The first-order valence-corrected chi connectivity index (χ1v) is 8.68. The summed E-state index contributed by atoms with van der Waals surface area (Å²) in [5.41, 5.74) is -0.494. The summed E-state index contributed by atoms with van der Waals surface area (Å²) >= 11 is 0. The summed E-state index contributed by atoms with van der Waals surface area (Å²) in [6, 6.07) is -0.0317. The van der Waals surface area contributed by atoms with Crippen LogP contribution in [0.1, 0.15) is 40.0 Å². The van der Waals surface area contributed by atoms with E-state index in [9.17, 15) is 9.59 Å². The van der Waals surface area contributed by atoms with Crippen molar-refractivity contribution < 1.29 is 19.1 Å². The summed E-state index contributed by atoms with van der Waals surface area (Å²) in [6.07, 6.45) is 2.46. The fourth-order valence-electron chi connectivity index (χ4n) is 2.72. The molecule has 1 atom stereocenters. The average molecular weight is 343 g/mol. The fourth-order valence-corrected chi connectivity index (χ4v) is 2.72. The number of nitrogens with zero attached hydrogens (tertiary/aromatic N) is 2. The van der Waals surface area contributed by atoms with Crippen LogP contribution >= 0.6 is 0 Å². The smallest absolute Gasteiger partial charge is 0.410 e. The maximum Gasteiger partial charge on any atom is 0.410 e. The van der Waals surface area contributed by atoms with Gasteiger partial charge in [-0.25, -0.2) is 9.59 Å². The number of hydrogen-bond acceptors (Lipinski definition) is 4. The van der Waals surface area contributed by atoms with Gasteiger partial charge in [0.25, 0.3) is 0 Å². The summed E-state index contributed by atoms with van der Waals surface area (Å²) in [5.74, 6) is 0.279. The summed E-state index contributed by atoms with van der Waals surface area (Å²) < 4.78 is 10.3. The number of hydrogen-bond donors (Lipinski definition) is 1. The SMILES string of the molecule is COCCCNC(=O)N1CCCC(CN(C)C(=O)OC(C)(C)C)C1. The highest BCUT2D eigenvalue weighted by Crippen LogP contribution is 2.18. The Balaban J connectivity index is 2.39. The molecule has 0 aromatic rings. The molecule has 7 nitrogen and oxygen atoms in total. The Hall–Kier alpha value is -1.50. The number of methoxy groups -OCH3 is 1. The van der Waals surface area contributed by atoms with Gasteiger partial charge in [-0.2, -0.15) is 0 Å². The van der Waals surface area contributed by atoms with Gasteiger partial charge in [0.05, 0.1) is 0 Å². The molecular formula is C17H33N3O4. The Morgan fingerprint density at radius 3 is 2.67 bits per heavy atom. The van der Waals surface area contributed by atoms with Gasteiger partial charge >= 0.3 is 12.1 Å². The first kappa shape index (κ1) is 20.5. The van der Waals surface area contributed by atoms with Gasteiger partial charge in [0.1, 0.15) is 5.60 Å². The van der Waals surface area contributed by atoms with E-state index in [1.165, 1.54) is 0 Å². The van der Waals surface area contributed by atoms with Crippen molar-refractivity contribution in [2.24, 2.45) is 5.92 Å². The fraction of sp³-hybridized carbons (Fsp3) is 0.882. The van der Waals surface area contributed by atoms with Crippen LogP contribution in [0.4, 0.5) is 9.59 Å². The molecule has 3 amide bonds. The van der Waals surface area contributed by atoms with Gasteiger partial charge in [0, 0.05) is 46.9 Å². The number of likely N-dealkylation sites (tertiary alicyclic amines) is 1. The maximum absolute atomic E-state index is 12.2. The van der Waals surface area contributed by atoms with E-state index in [1.807, 2.05) is 25.7 Å². The molecule has 1 aliphatic rings. The van der Waals surface area contributed by atoms with Crippen LogP contribution < -0.4 is 5.32 Å². The van der Waals surface area contributed by atoms with Crippen molar-refractivity contribution >= 4 is 12.1 Å². The van der Waals surface area contributed by atoms with Crippen LogP contribution in [0, 0.1) is 5.92 Å². The number of nitrogens with one attached hydrogen (secondary N) is 1. The quantitative estimate of drug-likeness (QED) is 0.751. The van der Waals surface area contributed by atoms with Crippen molar-refractivity contribution in [3.8, 4) is 0 Å². The van der Waals surface area contributed by atoms with Crippen LogP contribution in [0.25, 0.3) is 0 Å². The predicted molar refractivity (Wildman–Crippen MR) is 93.1 cm³/mol. The zero-order valence-corrected chi connectivity index (χ0v) is 15.8. The molecule has 0 radical (unpaired) electrons. The third-order valence-corrected chi connectivity index (χ3v) is 3.84. The van der Waals surface area contributed by atoms with Gasteiger partial charge in [-0.15, -0.1) is 0 Å². The number of amides is 3. The molecule has 0 aromatic carbocycles. The third kappa shape index (κ3) is 7.86. The molecule has 7 heteroatoms. The Morgan fingerprint density at radius 1 is 1.33 bits per heavy atom. The molecule has 1 unspecified atom stereocenters. The van der Waals surface area contributed by atoms with E-state index in [-0.39, 0.29) is 18.0 Å². The molecular weight excluding hydrogens is 310 g/mol. The first-order valence-electron chi connectivity index (χ1n) is 8.68. The zero-order valence-electron chi connectivity index (χ0n) is 15.8. The van der Waals surface area contributed by atoms with Crippen LogP contribution in [-0.2, 0) is 9.47 Å². The number of urea groups is 1. The van der Waals surface area contributed by atoms with Gasteiger partial charge in [-0.1, -0.05) is 0 Å². The highest BCUT2D eigenvalue weighted by Gasteiger charge is 2.27. The summed E-state index contributed by atoms with van der Waals surface area (Å²) in [7, 11) is 3.40. The topological polar surface area (TPSA) is 71.1 Å². The average Bonchev–Trinajstić information content (AvgIpc) is 2.50. The molecule has 0 aromatic heterocycles. The maximum atomic E-state index is 12.2. The highest BCUT2D eigenvalue weighted by molar-refractivity contribution is 5.74. The third-order valence-electron chi connectivity index (χ3n) is 3.84. The number of piperidine rings is 1. The minimum absolute atomic E-state index is 0.0317. The van der Waals surface area contributed by atoms with Gasteiger partial charge in [-0.3, -0.25) is 0 Å². The molecule has 24 heavy (non-hydrogen) atoms. The number of carbonyl (C=O) groups excluding carboxylic acids is 2. The van der Waals surface area contributed by atoms with Crippen LogP contribution in [0.3, 0.4) is 0 Å². The van der Waals surface area contributed by atoms with Crippen molar-refractivity contribution in [2.75, 3.05) is 46.9 Å². The lowest BCUT2D eigenvalue weighted by molar-refractivity contribution is 0.0252. The monoisotopic (exact) mass is 343 g/mol. The van der Waals surface area contributed by atoms with Crippen molar-refractivity contribution in [3.63, 3.8) is 0 Å². The van der Waals surface area contributed by atoms with E-state index < -0.39 is 5.60 Å². The van der Waals surface area contributed by atoms with Crippen LogP contribution in [-0.4, -0.2) is 74.5 Å². The summed E-state index contributed by atoms with van der Waals surface area (Å²) in [5, 5.41) is 2.92. The Labute approximate surface area is 145 Å². The minimum Gasteiger partial charge on any atom is -0.444 e. The second-order valence-corrected chi connectivity index (χ2v) is 7.39. The first-order chi connectivity index (χ1) is 11.2. The minimum atomic E-state index is -0.494. The van der Waals surface area contributed by atoms with Crippen molar-refractivity contribution in [3.05, 3.63) is 0 Å². The molecule has 0 bridgehead atoms. The largest absolute Gasteiger partial charge is 0.444 e. The van der Waals surface area contributed by atoms with E-state index in [4.69, 9.17) is 9.47 Å². The predicted octanol–water partition coefficient (Wildman–Crippen LogP) is 2.31. The van der Waals surface area contributed by atoms with E-state index in [0.717, 1.165) is 25.8 Å². The summed E-state index contributed by atoms with van der Waals surface area (Å²) in [4.78, 5) is 27.7. The van der Waals surface area contributed by atoms with Gasteiger partial charge < -0.3 is 24.6 Å². The molecule has 1 fully saturated rings. The highest BCUT2D eigenvalue weighted by atomic mass is 16.6. The lowest BCUT2D eigenvalue weighted by atomic mass is 9.98. The molecule has 0 spiro atoms. The molecule has 1 rings (SSSR count).